The second kappa shape index (κ2) is 9.24. The Morgan fingerprint density at radius 2 is 1.86 bits per heavy atom. The van der Waals surface area contributed by atoms with Crippen LogP contribution in [0.5, 0.6) is 0 Å². The maximum absolute atomic E-state index is 11.8. The Balaban J connectivity index is 2.27. The first kappa shape index (κ1) is 18.2. The number of amides is 4. The first-order valence-electron chi connectivity index (χ1n) is 7.81. The summed E-state index contributed by atoms with van der Waals surface area (Å²) in [5.41, 5.74) is 0. The van der Waals surface area contributed by atoms with Crippen molar-refractivity contribution in [1.82, 2.24) is 15.5 Å². The number of imide groups is 1. The molecule has 0 aliphatic carbocycles. The van der Waals surface area contributed by atoms with Crippen molar-refractivity contribution in [1.29, 1.82) is 0 Å². The lowest BCUT2D eigenvalue weighted by Crippen LogP contribution is -3.15. The summed E-state index contributed by atoms with van der Waals surface area (Å²) in [6, 6.07) is -0.419. The van der Waals surface area contributed by atoms with E-state index in [9.17, 15) is 14.4 Å². The molecule has 1 heterocycles. The molecule has 1 aliphatic heterocycles. The Bertz CT molecular complexity index is 394. The van der Waals surface area contributed by atoms with Crippen molar-refractivity contribution in [2.24, 2.45) is 0 Å². The van der Waals surface area contributed by atoms with Crippen LogP contribution < -0.4 is 15.5 Å². The lowest BCUT2D eigenvalue weighted by molar-refractivity contribution is -0.896. The van der Waals surface area contributed by atoms with E-state index in [1.54, 1.807) is 11.8 Å². The van der Waals surface area contributed by atoms with Crippen molar-refractivity contribution in [3.63, 3.8) is 0 Å². The molecule has 8 nitrogen and oxygen atoms in total. The van der Waals surface area contributed by atoms with Gasteiger partial charge in [0, 0.05) is 6.04 Å². The van der Waals surface area contributed by atoms with Gasteiger partial charge in [0.25, 0.3) is 5.91 Å². The summed E-state index contributed by atoms with van der Waals surface area (Å²) >= 11 is 0. The molecule has 8 heteroatoms. The molecule has 0 aromatic heterocycles. The molecule has 1 rings (SSSR count). The number of piperazine rings is 1. The van der Waals surface area contributed by atoms with E-state index in [0.717, 1.165) is 11.3 Å². The summed E-state index contributed by atoms with van der Waals surface area (Å²) < 4.78 is 4.94. The smallest absolute Gasteiger partial charge is 0.410 e. The maximum atomic E-state index is 11.8. The molecule has 1 fully saturated rings. The monoisotopic (exact) mass is 315 g/mol. The van der Waals surface area contributed by atoms with Gasteiger partial charge >= 0.3 is 12.1 Å². The van der Waals surface area contributed by atoms with Crippen LogP contribution in [0.3, 0.4) is 0 Å². The number of carbonyl (C=O) groups is 3. The average Bonchev–Trinajstić information content (AvgIpc) is 2.47. The van der Waals surface area contributed by atoms with Gasteiger partial charge in [-0.2, -0.15) is 0 Å². The summed E-state index contributed by atoms with van der Waals surface area (Å²) in [5.74, 6) is -0.305. The Hall–Kier alpha value is -1.83. The highest BCUT2D eigenvalue weighted by molar-refractivity contribution is 5.94. The second-order valence-electron chi connectivity index (χ2n) is 5.44. The van der Waals surface area contributed by atoms with Crippen LogP contribution in [0.15, 0.2) is 0 Å². The van der Waals surface area contributed by atoms with Crippen molar-refractivity contribution in [2.75, 3.05) is 39.3 Å². The normalized spacial score (nSPS) is 16.8. The van der Waals surface area contributed by atoms with Gasteiger partial charge in [-0.15, -0.1) is 0 Å². The van der Waals surface area contributed by atoms with Gasteiger partial charge in [-0.05, 0) is 20.3 Å². The van der Waals surface area contributed by atoms with E-state index < -0.39 is 6.03 Å². The van der Waals surface area contributed by atoms with Crippen molar-refractivity contribution < 1.29 is 24.0 Å². The van der Waals surface area contributed by atoms with Gasteiger partial charge in [-0.3, -0.25) is 15.0 Å². The molecule has 1 atom stereocenters. The summed E-state index contributed by atoms with van der Waals surface area (Å²) in [4.78, 5) is 37.6. The third-order valence-corrected chi connectivity index (χ3v) is 3.65. The van der Waals surface area contributed by atoms with Gasteiger partial charge in [0.15, 0.2) is 6.54 Å². The Labute approximate surface area is 131 Å². The predicted octanol–water partition coefficient (Wildman–Crippen LogP) is -1.03. The van der Waals surface area contributed by atoms with Crippen LogP contribution in [0.4, 0.5) is 9.59 Å². The van der Waals surface area contributed by atoms with Crippen LogP contribution >= 0.6 is 0 Å². The molecule has 0 aromatic rings. The van der Waals surface area contributed by atoms with Gasteiger partial charge in [0.2, 0.25) is 0 Å². The molecule has 126 valence electrons. The molecular formula is C14H27N4O4+. The maximum Gasteiger partial charge on any atom is 0.410 e. The number of rotatable bonds is 5. The zero-order valence-electron chi connectivity index (χ0n) is 13.6. The van der Waals surface area contributed by atoms with E-state index in [2.05, 4.69) is 10.6 Å². The largest absolute Gasteiger partial charge is 0.450 e. The zero-order chi connectivity index (χ0) is 16.5. The van der Waals surface area contributed by atoms with Gasteiger partial charge in [-0.25, -0.2) is 9.59 Å². The molecule has 1 aliphatic rings. The molecule has 0 radical (unpaired) electrons. The van der Waals surface area contributed by atoms with Crippen LogP contribution in [0.1, 0.15) is 27.2 Å². The highest BCUT2D eigenvalue weighted by atomic mass is 16.6. The van der Waals surface area contributed by atoms with Crippen molar-refractivity contribution >= 4 is 18.0 Å². The van der Waals surface area contributed by atoms with E-state index in [1.807, 2.05) is 13.8 Å². The molecule has 0 unspecified atom stereocenters. The second-order valence-corrected chi connectivity index (χ2v) is 5.44. The molecule has 4 amide bonds. The summed E-state index contributed by atoms with van der Waals surface area (Å²) in [6.45, 7) is 8.64. The van der Waals surface area contributed by atoms with Gasteiger partial charge in [0.1, 0.15) is 0 Å². The standard InChI is InChI=1S/C14H26N4O4/c1-4-11(3)15-13(20)16-12(19)10-17-6-8-18(9-7-17)14(21)22-5-2/h11H,4-10H2,1-3H3,(H2,15,16,19,20)/p+1/t11-/m1/s1. The predicted molar refractivity (Wildman–Crippen MR) is 80.6 cm³/mol. The minimum atomic E-state index is -0.455. The van der Waals surface area contributed by atoms with Crippen molar-refractivity contribution in [2.45, 2.75) is 33.2 Å². The summed E-state index contributed by atoms with van der Waals surface area (Å²) in [6.07, 6.45) is 0.502. The van der Waals surface area contributed by atoms with Crippen LogP contribution in [-0.2, 0) is 9.53 Å². The fourth-order valence-electron chi connectivity index (χ4n) is 2.16. The van der Waals surface area contributed by atoms with E-state index in [1.165, 1.54) is 0 Å². The fraction of sp³-hybridized carbons (Fsp3) is 0.786. The van der Waals surface area contributed by atoms with Gasteiger partial charge < -0.3 is 15.0 Å². The topological polar surface area (TPSA) is 92.2 Å². The Morgan fingerprint density at radius 1 is 1.23 bits per heavy atom. The third kappa shape index (κ3) is 6.30. The van der Waals surface area contributed by atoms with Crippen molar-refractivity contribution in [3.8, 4) is 0 Å². The van der Waals surface area contributed by atoms with Crippen LogP contribution in [0.2, 0.25) is 0 Å². The Morgan fingerprint density at radius 3 is 2.41 bits per heavy atom. The number of ether oxygens (including phenoxy) is 1. The molecule has 22 heavy (non-hydrogen) atoms. The van der Waals surface area contributed by atoms with Gasteiger partial charge in [0.05, 0.1) is 32.8 Å². The molecule has 0 saturated carbocycles. The molecule has 0 bridgehead atoms. The lowest BCUT2D eigenvalue weighted by atomic mass is 10.3. The summed E-state index contributed by atoms with van der Waals surface area (Å²) in [5, 5.41) is 5.02. The number of carbonyl (C=O) groups excluding carboxylic acids is 3. The Kier molecular flexibility index (Phi) is 7.65. The fourth-order valence-corrected chi connectivity index (χ4v) is 2.16. The minimum absolute atomic E-state index is 0.0354. The molecule has 0 spiro atoms. The molecule has 1 saturated heterocycles. The van der Waals surface area contributed by atoms with Crippen LogP contribution in [0.25, 0.3) is 0 Å². The molecule has 0 aromatic carbocycles. The minimum Gasteiger partial charge on any atom is -0.450 e. The van der Waals surface area contributed by atoms with E-state index in [0.29, 0.717) is 32.8 Å². The number of nitrogens with one attached hydrogen (secondary N) is 3. The zero-order valence-corrected chi connectivity index (χ0v) is 13.6. The SMILES string of the molecule is CCOC(=O)N1CC[NH+](CC(=O)NC(=O)N[C@H](C)CC)CC1. The number of quaternary nitrogens is 1. The first-order chi connectivity index (χ1) is 10.5. The summed E-state index contributed by atoms with van der Waals surface area (Å²) in [7, 11) is 0. The lowest BCUT2D eigenvalue weighted by Gasteiger charge is -2.31. The number of hydrogen-bond donors (Lipinski definition) is 3. The molecule has 3 N–H and O–H groups in total. The quantitative estimate of drug-likeness (QED) is 0.605. The van der Waals surface area contributed by atoms with Gasteiger partial charge in [-0.1, -0.05) is 6.92 Å². The number of urea groups is 1. The highest BCUT2D eigenvalue weighted by Crippen LogP contribution is 1.94. The van der Waals surface area contributed by atoms with E-state index >= 15 is 0 Å². The van der Waals surface area contributed by atoms with E-state index in [4.69, 9.17) is 4.74 Å². The van der Waals surface area contributed by atoms with Crippen LogP contribution in [0, 0.1) is 0 Å². The average molecular weight is 315 g/mol. The first-order valence-corrected chi connectivity index (χ1v) is 7.81. The van der Waals surface area contributed by atoms with E-state index in [-0.39, 0.29) is 24.6 Å². The highest BCUT2D eigenvalue weighted by Gasteiger charge is 2.26. The molecular weight excluding hydrogens is 288 g/mol. The van der Waals surface area contributed by atoms with Crippen molar-refractivity contribution in [3.05, 3.63) is 0 Å². The number of nitrogens with zero attached hydrogens (tertiary/aromatic N) is 1. The third-order valence-electron chi connectivity index (χ3n) is 3.65. The van der Waals surface area contributed by atoms with Crippen LogP contribution in [-0.4, -0.2) is 68.3 Å². The number of hydrogen-bond acceptors (Lipinski definition) is 4.